The van der Waals surface area contributed by atoms with E-state index in [2.05, 4.69) is 0 Å². The fourth-order valence-corrected chi connectivity index (χ4v) is 1.16. The van der Waals surface area contributed by atoms with Crippen LogP contribution in [0.2, 0.25) is 0 Å². The van der Waals surface area contributed by atoms with Crippen LogP contribution >= 0.6 is 0 Å². The molecule has 3 N–H and O–H groups in total. The van der Waals surface area contributed by atoms with E-state index in [0.717, 1.165) is 0 Å². The second kappa shape index (κ2) is 7.84. The second-order valence-electron chi connectivity index (χ2n) is 2.75. The number of nitrogens with one attached hydrogen (secondary N) is 1. The molecule has 0 aromatic heterocycles. The van der Waals surface area contributed by atoms with Crippen LogP contribution in [0.15, 0.2) is 0 Å². The Morgan fingerprint density at radius 1 is 1.08 bits per heavy atom. The van der Waals surface area contributed by atoms with Gasteiger partial charge in [-0.1, -0.05) is 19.3 Å². The van der Waals surface area contributed by atoms with Gasteiger partial charge in [0.2, 0.25) is 0 Å². The summed E-state index contributed by atoms with van der Waals surface area (Å²) in [7, 11) is 0. The predicted octanol–water partition coefficient (Wildman–Crippen LogP) is 0.816. The van der Waals surface area contributed by atoms with Crippen LogP contribution in [0.1, 0.15) is 32.1 Å². The van der Waals surface area contributed by atoms with Crippen LogP contribution in [0.5, 0.6) is 0 Å². The molecule has 1 rings (SSSR count). The highest BCUT2D eigenvalue weighted by Gasteiger charge is 2.06. The van der Waals surface area contributed by atoms with E-state index >= 15 is 0 Å². The smallest absolute Gasteiger partial charge is 0.190 e. The summed E-state index contributed by atoms with van der Waals surface area (Å²) in [6.07, 6.45) is 9.48. The number of hydrogen-bond acceptors (Lipinski definition) is 4. The highest BCUT2D eigenvalue weighted by molar-refractivity contribution is 4.77. The van der Waals surface area contributed by atoms with E-state index < -0.39 is 0 Å². The Hall–Kier alpha value is -1.26. The monoisotopic (exact) mass is 166 g/mol. The Morgan fingerprint density at radius 2 is 1.58 bits per heavy atom. The first-order chi connectivity index (χ1) is 5.81. The summed E-state index contributed by atoms with van der Waals surface area (Å²) in [6, 6.07) is 0.536. The van der Waals surface area contributed by atoms with E-state index in [9.17, 15) is 0 Å². The molecule has 0 bridgehead atoms. The van der Waals surface area contributed by atoms with E-state index in [1.807, 2.05) is 0 Å². The Morgan fingerprint density at radius 3 is 1.75 bits per heavy atom. The number of nitrogens with zero attached hydrogens (tertiary/aromatic N) is 2. The molecule has 4 heteroatoms. The van der Waals surface area contributed by atoms with E-state index in [1.165, 1.54) is 44.5 Å². The Balaban J connectivity index is 0.000000217. The van der Waals surface area contributed by atoms with Gasteiger partial charge < -0.3 is 5.73 Å². The number of rotatable bonds is 0. The maximum Gasteiger partial charge on any atom is 0.190 e. The van der Waals surface area contributed by atoms with E-state index in [1.54, 1.807) is 5.32 Å². The van der Waals surface area contributed by atoms with Crippen molar-refractivity contribution in [3.63, 3.8) is 0 Å². The molecule has 4 nitrogen and oxygen atoms in total. The molecular formula is C8H14N4. The van der Waals surface area contributed by atoms with Crippen molar-refractivity contribution in [2.45, 2.75) is 38.1 Å². The number of nitrogens with two attached hydrogens (primary N) is 1. The van der Waals surface area contributed by atoms with E-state index in [4.69, 9.17) is 16.3 Å². The van der Waals surface area contributed by atoms with Crippen molar-refractivity contribution in [1.29, 1.82) is 10.5 Å². The zero-order chi connectivity index (χ0) is 9.23. The lowest BCUT2D eigenvalue weighted by atomic mass is 9.97. The third kappa shape index (κ3) is 6.85. The van der Waals surface area contributed by atoms with Crippen molar-refractivity contribution in [2.24, 2.45) is 5.73 Å². The second-order valence-corrected chi connectivity index (χ2v) is 2.75. The molecule has 0 unspecified atom stereocenters. The van der Waals surface area contributed by atoms with Crippen LogP contribution in [0.25, 0.3) is 0 Å². The standard InChI is InChI=1S/C6H13N.C2HN3/c7-6-4-2-1-3-5-6;3-1-5-2-4/h6H,1-5,7H2;5H. The van der Waals surface area contributed by atoms with Gasteiger partial charge in [-0.25, -0.2) is 5.32 Å². The van der Waals surface area contributed by atoms with Crippen LogP contribution in [-0.2, 0) is 0 Å². The average molecular weight is 166 g/mol. The van der Waals surface area contributed by atoms with Crippen LogP contribution in [0.3, 0.4) is 0 Å². The first-order valence-electron chi connectivity index (χ1n) is 4.10. The fraction of sp³-hybridized carbons (Fsp3) is 0.750. The lowest BCUT2D eigenvalue weighted by molar-refractivity contribution is 0.441. The number of nitriles is 2. The molecule has 0 heterocycles. The highest BCUT2D eigenvalue weighted by atomic mass is 14.8. The normalized spacial score (nSPS) is 16.2. The van der Waals surface area contributed by atoms with Gasteiger partial charge in [-0.05, 0) is 12.8 Å². The summed E-state index contributed by atoms with van der Waals surface area (Å²) in [5.74, 6) is 0. The lowest BCUT2D eigenvalue weighted by Gasteiger charge is -2.15. The summed E-state index contributed by atoms with van der Waals surface area (Å²) >= 11 is 0. The Kier molecular flexibility index (Phi) is 7.02. The van der Waals surface area contributed by atoms with Gasteiger partial charge in [0.05, 0.1) is 0 Å². The summed E-state index contributed by atoms with van der Waals surface area (Å²) in [6.45, 7) is 0. The molecule has 0 amide bonds. The van der Waals surface area contributed by atoms with Gasteiger partial charge in [0.25, 0.3) is 0 Å². The van der Waals surface area contributed by atoms with Crippen molar-refractivity contribution >= 4 is 0 Å². The molecule has 0 saturated heterocycles. The summed E-state index contributed by atoms with van der Waals surface area (Å²) in [5.41, 5.74) is 5.63. The predicted molar refractivity (Wildman–Crippen MR) is 45.4 cm³/mol. The molecule has 66 valence electrons. The molecule has 1 aliphatic carbocycles. The molecule has 12 heavy (non-hydrogen) atoms. The molecule has 0 aliphatic heterocycles. The summed E-state index contributed by atoms with van der Waals surface area (Å²) in [5, 5.41) is 16.7. The first-order valence-corrected chi connectivity index (χ1v) is 4.10. The van der Waals surface area contributed by atoms with Gasteiger partial charge in [0.1, 0.15) is 0 Å². The molecule has 0 aromatic rings. The van der Waals surface area contributed by atoms with Gasteiger partial charge in [0, 0.05) is 6.04 Å². The summed E-state index contributed by atoms with van der Waals surface area (Å²) in [4.78, 5) is 0. The quantitative estimate of drug-likeness (QED) is 0.412. The minimum absolute atomic E-state index is 0.536. The van der Waals surface area contributed by atoms with Gasteiger partial charge in [-0.15, -0.1) is 0 Å². The Bertz CT molecular complexity index is 158. The van der Waals surface area contributed by atoms with E-state index in [-0.39, 0.29) is 0 Å². The molecule has 1 aliphatic rings. The van der Waals surface area contributed by atoms with E-state index in [0.29, 0.717) is 6.04 Å². The van der Waals surface area contributed by atoms with Gasteiger partial charge in [-0.3, -0.25) is 0 Å². The average Bonchev–Trinajstić information content (AvgIpc) is 2.08. The van der Waals surface area contributed by atoms with Crippen LogP contribution in [-0.4, -0.2) is 6.04 Å². The molecule has 1 saturated carbocycles. The molecular weight excluding hydrogens is 152 g/mol. The van der Waals surface area contributed by atoms with Gasteiger partial charge in [0.15, 0.2) is 12.4 Å². The molecule has 0 spiro atoms. The van der Waals surface area contributed by atoms with Gasteiger partial charge in [-0.2, -0.15) is 10.5 Å². The third-order valence-corrected chi connectivity index (χ3v) is 1.76. The Labute approximate surface area is 73.0 Å². The fourth-order valence-electron chi connectivity index (χ4n) is 1.16. The first kappa shape index (κ1) is 10.7. The van der Waals surface area contributed by atoms with Crippen molar-refractivity contribution in [1.82, 2.24) is 5.32 Å². The van der Waals surface area contributed by atoms with Crippen molar-refractivity contribution in [3.05, 3.63) is 0 Å². The summed E-state index contributed by atoms with van der Waals surface area (Å²) < 4.78 is 0. The molecule has 1 fully saturated rings. The SMILES string of the molecule is N#CNC#N.NC1CCCCC1. The highest BCUT2D eigenvalue weighted by Crippen LogP contribution is 2.14. The van der Waals surface area contributed by atoms with Crippen molar-refractivity contribution in [3.8, 4) is 12.4 Å². The van der Waals surface area contributed by atoms with Gasteiger partial charge >= 0.3 is 0 Å². The lowest BCUT2D eigenvalue weighted by Crippen LogP contribution is -2.22. The van der Waals surface area contributed by atoms with Crippen molar-refractivity contribution < 1.29 is 0 Å². The van der Waals surface area contributed by atoms with Crippen LogP contribution in [0, 0.1) is 22.9 Å². The minimum atomic E-state index is 0.536. The largest absolute Gasteiger partial charge is 0.328 e. The number of hydrogen-bond donors (Lipinski definition) is 2. The molecule has 0 aromatic carbocycles. The topological polar surface area (TPSA) is 85.6 Å². The third-order valence-electron chi connectivity index (χ3n) is 1.76. The maximum atomic E-state index is 7.48. The minimum Gasteiger partial charge on any atom is -0.328 e. The zero-order valence-corrected chi connectivity index (χ0v) is 7.08. The molecule has 0 atom stereocenters. The van der Waals surface area contributed by atoms with Crippen molar-refractivity contribution in [2.75, 3.05) is 0 Å². The zero-order valence-electron chi connectivity index (χ0n) is 7.08. The maximum absolute atomic E-state index is 7.48. The van der Waals surface area contributed by atoms with Crippen LogP contribution < -0.4 is 11.1 Å². The van der Waals surface area contributed by atoms with Crippen LogP contribution in [0.4, 0.5) is 0 Å². The molecule has 0 radical (unpaired) electrons.